The van der Waals surface area contributed by atoms with Gasteiger partial charge in [-0.25, -0.2) is 9.59 Å². The number of carbonyl (C=O) groups is 7. The summed E-state index contributed by atoms with van der Waals surface area (Å²) in [5, 5.41) is 67.7. The molecule has 366 valence electrons. The normalized spacial score (nSPS) is 26.6. The Bertz CT molecular complexity index is 2860. The topological polar surface area (TPSA) is 359 Å². The molecule has 8 rings (SSSR count). The Balaban J connectivity index is 0.983. The second-order valence-electron chi connectivity index (χ2n) is 16.8. The molecule has 0 radical (unpaired) electrons. The standard InChI is InChI=1S/C44H43N3O20S2/c1-17-33(50)22(45-43(59)65-15-19-16-68-41-31(40(56)47(41)32(19)42(57)58)46-39(55)38(69(61,62)63)18-7-4-3-5-8-18)11-26(66-17)67-24-13-44(60,25(49)14-48)12-21-28(24)37(54)30-29(35(21)52)34(51)20-9-6-10-23(64-2)27(20)36(30)53/h3-10,17,22,24,26,31,33,38,41,48,50,52,54,60H,11-16H2,1-2H3,(H,45,59)(H,46,55)(H,57,58)(H,61,62,63)/t17?,22?,24-,26?,31+,33?,38?,41+,44-/m0/s1. The maximum Gasteiger partial charge on any atom is 0.407 e. The zero-order valence-electron chi connectivity index (χ0n) is 36.2. The number of carboxylic acid groups (broad SMARTS) is 1. The average Bonchev–Trinajstić information content (AvgIpc) is 3.30. The number of nitrogens with zero attached hydrogens (tertiary/aromatic N) is 1. The van der Waals surface area contributed by atoms with Crippen molar-refractivity contribution < 1.29 is 96.1 Å². The lowest BCUT2D eigenvalue weighted by Gasteiger charge is -2.49. The molecular weight excluding hydrogens is 955 g/mol. The third-order valence-corrected chi connectivity index (χ3v) is 15.0. The first-order valence-corrected chi connectivity index (χ1v) is 23.5. The number of phenolic OH excluding ortho intramolecular Hbond substituents is 2. The summed E-state index contributed by atoms with van der Waals surface area (Å²) in [6.45, 7) is -0.452. The van der Waals surface area contributed by atoms with Crippen molar-refractivity contribution in [1.82, 2.24) is 15.5 Å². The van der Waals surface area contributed by atoms with E-state index in [0.29, 0.717) is 0 Å². The second kappa shape index (κ2) is 18.5. The van der Waals surface area contributed by atoms with Crippen LogP contribution < -0.4 is 15.4 Å². The van der Waals surface area contributed by atoms with E-state index in [-0.39, 0.29) is 44.9 Å². The van der Waals surface area contributed by atoms with Gasteiger partial charge < -0.3 is 60.2 Å². The summed E-state index contributed by atoms with van der Waals surface area (Å²) >= 11 is 0.967. The van der Waals surface area contributed by atoms with E-state index < -0.39 is 165 Å². The van der Waals surface area contributed by atoms with Crippen molar-refractivity contribution in [3.05, 3.63) is 98.7 Å². The number of hydrogen-bond donors (Lipinski definition) is 9. The molecule has 0 bridgehead atoms. The number of ether oxygens (including phenoxy) is 4. The lowest BCUT2D eigenvalue weighted by atomic mass is 9.72. The number of methoxy groups -OCH3 is 1. The van der Waals surface area contributed by atoms with Crippen LogP contribution in [0.15, 0.2) is 59.8 Å². The lowest BCUT2D eigenvalue weighted by Crippen LogP contribution is -2.71. The number of carbonyl (C=O) groups excluding carboxylic acids is 6. The van der Waals surface area contributed by atoms with Crippen LogP contribution in [0.25, 0.3) is 0 Å². The third kappa shape index (κ3) is 8.57. The zero-order valence-corrected chi connectivity index (χ0v) is 37.8. The molecule has 3 aliphatic heterocycles. The molecule has 2 saturated heterocycles. The third-order valence-electron chi connectivity index (χ3n) is 12.6. The summed E-state index contributed by atoms with van der Waals surface area (Å²) < 4.78 is 56.9. The Morgan fingerprint density at radius 1 is 0.986 bits per heavy atom. The number of aliphatic hydroxyl groups is 3. The quantitative estimate of drug-likeness (QED) is 0.0488. The van der Waals surface area contributed by atoms with Crippen LogP contribution in [0, 0.1) is 0 Å². The minimum Gasteiger partial charge on any atom is -0.507 e. The molecule has 5 aliphatic rings. The largest absolute Gasteiger partial charge is 0.507 e. The highest BCUT2D eigenvalue weighted by molar-refractivity contribution is 8.00. The van der Waals surface area contributed by atoms with Crippen LogP contribution in [0.1, 0.15) is 79.7 Å². The Labute approximate surface area is 394 Å². The number of phenols is 2. The molecule has 0 saturated carbocycles. The van der Waals surface area contributed by atoms with E-state index in [9.17, 15) is 77.2 Å². The van der Waals surface area contributed by atoms with E-state index in [1.54, 1.807) is 6.07 Å². The highest BCUT2D eigenvalue weighted by Crippen LogP contribution is 2.53. The van der Waals surface area contributed by atoms with Gasteiger partial charge in [0.2, 0.25) is 11.7 Å². The molecule has 23 nitrogen and oxygen atoms in total. The molecule has 3 aromatic carbocycles. The average molecular weight is 998 g/mol. The highest BCUT2D eigenvalue weighted by atomic mass is 32.2. The maximum atomic E-state index is 14.0. The number of rotatable bonds is 13. The highest BCUT2D eigenvalue weighted by Gasteiger charge is 2.56. The molecule has 9 N–H and O–H groups in total. The molecule has 9 atom stereocenters. The molecule has 2 fully saturated rings. The van der Waals surface area contributed by atoms with Gasteiger partial charge >= 0.3 is 12.1 Å². The van der Waals surface area contributed by atoms with Crippen LogP contribution in [0.5, 0.6) is 17.2 Å². The molecule has 69 heavy (non-hydrogen) atoms. The van der Waals surface area contributed by atoms with Crippen molar-refractivity contribution in [3.63, 3.8) is 0 Å². The van der Waals surface area contributed by atoms with Crippen molar-refractivity contribution >= 4 is 63.1 Å². The van der Waals surface area contributed by atoms with Crippen molar-refractivity contribution in [2.75, 3.05) is 26.1 Å². The van der Waals surface area contributed by atoms with Crippen LogP contribution in [-0.2, 0) is 49.9 Å². The van der Waals surface area contributed by atoms with Crippen LogP contribution in [-0.4, -0.2) is 157 Å². The van der Waals surface area contributed by atoms with Gasteiger partial charge in [-0.15, -0.1) is 11.8 Å². The predicted octanol–water partition coefficient (Wildman–Crippen LogP) is 0.137. The molecule has 25 heteroatoms. The zero-order chi connectivity index (χ0) is 50.0. The van der Waals surface area contributed by atoms with Gasteiger partial charge in [-0.05, 0) is 18.6 Å². The van der Waals surface area contributed by atoms with Crippen LogP contribution in [0.2, 0.25) is 0 Å². The number of benzene rings is 3. The summed E-state index contributed by atoms with van der Waals surface area (Å²) in [5.41, 5.74) is -5.38. The minimum absolute atomic E-state index is 0.00316. The Hall–Kier alpha value is -6.45. The second-order valence-corrected chi connectivity index (χ2v) is 19.4. The van der Waals surface area contributed by atoms with Crippen LogP contribution in [0.4, 0.5) is 4.79 Å². The number of aliphatic hydroxyl groups excluding tert-OH is 2. The van der Waals surface area contributed by atoms with E-state index in [1.807, 2.05) is 0 Å². The number of carboxylic acids is 1. The van der Waals surface area contributed by atoms with E-state index in [0.717, 1.165) is 16.7 Å². The van der Waals surface area contributed by atoms with Crippen molar-refractivity contribution in [3.8, 4) is 17.2 Å². The first-order chi connectivity index (χ1) is 32.6. The monoisotopic (exact) mass is 997 g/mol. The van der Waals surface area contributed by atoms with Gasteiger partial charge in [0, 0.05) is 47.3 Å². The van der Waals surface area contributed by atoms with Crippen molar-refractivity contribution in [2.45, 2.75) is 79.1 Å². The predicted molar refractivity (Wildman–Crippen MR) is 232 cm³/mol. The van der Waals surface area contributed by atoms with Gasteiger partial charge in [-0.1, -0.05) is 42.5 Å². The number of ketones is 3. The molecule has 3 aromatic rings. The number of Topliss-reactive ketones (excluding diaryl/α,β-unsaturated/α-hetero) is 1. The summed E-state index contributed by atoms with van der Waals surface area (Å²) in [4.78, 5) is 93.9. The van der Waals surface area contributed by atoms with Crippen LogP contribution >= 0.6 is 11.8 Å². The number of aromatic hydroxyl groups is 2. The van der Waals surface area contributed by atoms with Gasteiger partial charge in [0.1, 0.15) is 59.3 Å². The van der Waals surface area contributed by atoms with Crippen molar-refractivity contribution in [2.24, 2.45) is 0 Å². The van der Waals surface area contributed by atoms with Gasteiger partial charge in [0.25, 0.3) is 16.0 Å². The summed E-state index contributed by atoms with van der Waals surface area (Å²) in [6, 6.07) is 8.52. The number of alkyl carbamates (subject to hydrolysis) is 1. The molecule has 3 heterocycles. The molecule has 5 unspecified atom stereocenters. The molecule has 0 aromatic heterocycles. The number of thioether (sulfide) groups is 1. The number of β-lactam (4-membered cyclic amide) rings is 1. The summed E-state index contributed by atoms with van der Waals surface area (Å²) in [5.74, 6) is -8.47. The van der Waals surface area contributed by atoms with E-state index in [4.69, 9.17) is 18.9 Å². The maximum absolute atomic E-state index is 14.0. The van der Waals surface area contributed by atoms with Crippen LogP contribution in [0.3, 0.4) is 0 Å². The fourth-order valence-electron chi connectivity index (χ4n) is 9.31. The summed E-state index contributed by atoms with van der Waals surface area (Å²) in [6.07, 6.45) is -8.63. The Morgan fingerprint density at radius 3 is 2.33 bits per heavy atom. The summed E-state index contributed by atoms with van der Waals surface area (Å²) in [7, 11) is -3.75. The molecule has 2 aliphatic carbocycles. The number of hydrogen-bond acceptors (Lipinski definition) is 19. The van der Waals surface area contributed by atoms with Gasteiger partial charge in [0.15, 0.2) is 23.1 Å². The lowest BCUT2D eigenvalue weighted by molar-refractivity contribution is -0.249. The van der Waals surface area contributed by atoms with Gasteiger partial charge in [0.05, 0.1) is 42.0 Å². The smallest absolute Gasteiger partial charge is 0.407 e. The van der Waals surface area contributed by atoms with Gasteiger partial charge in [-0.2, -0.15) is 8.42 Å². The first-order valence-electron chi connectivity index (χ1n) is 21.0. The van der Waals surface area contributed by atoms with E-state index in [1.165, 1.54) is 56.5 Å². The van der Waals surface area contributed by atoms with E-state index >= 15 is 0 Å². The Kier molecular flexibility index (Phi) is 13.1. The first kappa shape index (κ1) is 49.0. The molecule has 3 amide bonds. The SMILES string of the molecule is COc1cccc2c1C(=O)c1c(O)c3c(c(O)c1C2=O)C[C@@](O)(C(=O)CO)C[C@@H]3OC1CC(NC(=O)OCC2=C(C(=O)O)N3C(=O)[C@@H](NC(=O)C(c4ccccc4)S(=O)(=O)O)[C@H]3SC2)C(O)C(C)O1. The number of amides is 3. The molecule has 0 spiro atoms. The number of nitrogens with one attached hydrogen (secondary N) is 2. The Morgan fingerprint density at radius 2 is 1.68 bits per heavy atom. The fraction of sp³-hybridized carbons (Fsp3) is 0.386. The minimum atomic E-state index is -5.01. The van der Waals surface area contributed by atoms with Gasteiger partial charge in [-0.3, -0.25) is 33.4 Å². The number of fused-ring (bicyclic) bond motifs is 4. The molecular formula is C44H43N3O20S2. The van der Waals surface area contributed by atoms with Crippen molar-refractivity contribution in [1.29, 1.82) is 0 Å². The van der Waals surface area contributed by atoms with E-state index in [2.05, 4.69) is 10.6 Å². The fourth-order valence-corrected chi connectivity index (χ4v) is 11.5. The number of aliphatic carboxylic acids is 1.